The Morgan fingerprint density at radius 1 is 1.10 bits per heavy atom. The van der Waals surface area contributed by atoms with Crippen LogP contribution in [0.15, 0.2) is 24.3 Å². The highest BCUT2D eigenvalue weighted by Crippen LogP contribution is 2.10. The molecule has 2 rings (SSSR count). The quantitative estimate of drug-likeness (QED) is 0.747. The van der Waals surface area contributed by atoms with Crippen molar-refractivity contribution in [1.29, 1.82) is 0 Å². The molecule has 1 saturated heterocycles. The number of hydrogen-bond donors (Lipinski definition) is 0. The molecule has 0 saturated carbocycles. The van der Waals surface area contributed by atoms with E-state index in [0.29, 0.717) is 6.42 Å². The second kappa shape index (κ2) is 7.50. The third kappa shape index (κ3) is 4.12. The first kappa shape index (κ1) is 15.1. The maximum Gasteiger partial charge on any atom is 0.167 e. The van der Waals surface area contributed by atoms with E-state index >= 15 is 0 Å². The molecule has 0 aliphatic carbocycles. The molecule has 0 radical (unpaired) electrons. The number of hydrogen-bond acceptors (Lipinski definition) is 3. The minimum Gasteiger partial charge on any atom is -0.301 e. The smallest absolute Gasteiger partial charge is 0.167 e. The van der Waals surface area contributed by atoms with Gasteiger partial charge in [-0.2, -0.15) is 0 Å². The Morgan fingerprint density at radius 3 is 2.30 bits per heavy atom. The number of piperazine rings is 1. The summed E-state index contributed by atoms with van der Waals surface area (Å²) in [6, 6.07) is 6.23. The zero-order valence-corrected chi connectivity index (χ0v) is 12.1. The molecule has 20 heavy (non-hydrogen) atoms. The van der Waals surface area contributed by atoms with Gasteiger partial charge >= 0.3 is 0 Å². The molecule has 1 heterocycles. The molecule has 110 valence electrons. The summed E-state index contributed by atoms with van der Waals surface area (Å²) in [5.41, 5.74) is 0.220. The lowest BCUT2D eigenvalue weighted by atomic mass is 10.1. The van der Waals surface area contributed by atoms with Crippen molar-refractivity contribution in [3.8, 4) is 0 Å². The molecule has 4 heteroatoms. The fraction of sp³-hybridized carbons (Fsp3) is 0.562. The summed E-state index contributed by atoms with van der Waals surface area (Å²) in [5, 5.41) is 0. The Balaban J connectivity index is 1.76. The van der Waals surface area contributed by atoms with E-state index in [-0.39, 0.29) is 11.3 Å². The van der Waals surface area contributed by atoms with E-state index in [2.05, 4.69) is 16.7 Å². The van der Waals surface area contributed by atoms with Crippen LogP contribution in [0.1, 0.15) is 30.1 Å². The van der Waals surface area contributed by atoms with Gasteiger partial charge in [-0.3, -0.25) is 4.79 Å². The molecule has 1 aromatic carbocycles. The largest absolute Gasteiger partial charge is 0.301 e. The SMILES string of the molecule is CCCN1CCN(CCC(=O)c2ccccc2F)CC1. The zero-order valence-electron chi connectivity index (χ0n) is 12.1. The van der Waals surface area contributed by atoms with Gasteiger partial charge in [0.15, 0.2) is 5.78 Å². The van der Waals surface area contributed by atoms with E-state index in [9.17, 15) is 9.18 Å². The highest BCUT2D eigenvalue weighted by molar-refractivity contribution is 5.96. The van der Waals surface area contributed by atoms with Crippen LogP contribution in [-0.2, 0) is 0 Å². The fourth-order valence-electron chi connectivity index (χ4n) is 2.63. The summed E-state index contributed by atoms with van der Waals surface area (Å²) in [4.78, 5) is 16.7. The number of carbonyl (C=O) groups excluding carboxylic acids is 1. The number of halogens is 1. The summed E-state index contributed by atoms with van der Waals surface area (Å²) in [6.07, 6.45) is 1.58. The lowest BCUT2D eigenvalue weighted by molar-refractivity contribution is 0.0924. The number of nitrogens with zero attached hydrogens (tertiary/aromatic N) is 2. The average molecular weight is 278 g/mol. The number of benzene rings is 1. The average Bonchev–Trinajstić information content (AvgIpc) is 2.47. The predicted octanol–water partition coefficient (Wildman–Crippen LogP) is 2.43. The molecule has 0 bridgehead atoms. The van der Waals surface area contributed by atoms with Crippen molar-refractivity contribution >= 4 is 5.78 Å². The van der Waals surface area contributed by atoms with Crippen LogP contribution in [0, 0.1) is 5.82 Å². The summed E-state index contributed by atoms with van der Waals surface area (Å²) in [6.45, 7) is 8.23. The van der Waals surface area contributed by atoms with Gasteiger partial charge in [0.05, 0.1) is 5.56 Å². The number of ketones is 1. The van der Waals surface area contributed by atoms with Crippen LogP contribution in [0.2, 0.25) is 0 Å². The highest BCUT2D eigenvalue weighted by atomic mass is 19.1. The van der Waals surface area contributed by atoms with Crippen LogP contribution in [0.25, 0.3) is 0 Å². The Kier molecular flexibility index (Phi) is 5.68. The minimum absolute atomic E-state index is 0.0981. The molecule has 0 unspecified atom stereocenters. The van der Waals surface area contributed by atoms with Gasteiger partial charge in [0, 0.05) is 39.1 Å². The van der Waals surface area contributed by atoms with Gasteiger partial charge in [0.25, 0.3) is 0 Å². The van der Waals surface area contributed by atoms with Crippen molar-refractivity contribution in [2.75, 3.05) is 39.3 Å². The van der Waals surface area contributed by atoms with Gasteiger partial charge in [0.2, 0.25) is 0 Å². The first-order valence-corrected chi connectivity index (χ1v) is 7.43. The summed E-state index contributed by atoms with van der Waals surface area (Å²) >= 11 is 0. The standard InChI is InChI=1S/C16H23FN2O/c1-2-8-18-10-12-19(13-11-18)9-7-16(20)14-5-3-4-6-15(14)17/h3-6H,2,7-13H2,1H3. The van der Waals surface area contributed by atoms with Crippen molar-refractivity contribution in [1.82, 2.24) is 9.80 Å². The van der Waals surface area contributed by atoms with Crippen molar-refractivity contribution in [2.24, 2.45) is 0 Å². The molecule has 3 nitrogen and oxygen atoms in total. The third-order valence-electron chi connectivity index (χ3n) is 3.83. The second-order valence-electron chi connectivity index (χ2n) is 5.34. The third-order valence-corrected chi connectivity index (χ3v) is 3.83. The minimum atomic E-state index is -0.412. The van der Waals surface area contributed by atoms with E-state index in [1.54, 1.807) is 18.2 Å². The van der Waals surface area contributed by atoms with Crippen LogP contribution in [-0.4, -0.2) is 54.9 Å². The van der Waals surface area contributed by atoms with E-state index in [1.165, 1.54) is 12.5 Å². The van der Waals surface area contributed by atoms with Crippen LogP contribution in [0.5, 0.6) is 0 Å². The van der Waals surface area contributed by atoms with E-state index in [1.807, 2.05) is 0 Å². The Labute approximate surface area is 120 Å². The molecule has 0 spiro atoms. The molecule has 0 atom stereocenters. The first-order valence-electron chi connectivity index (χ1n) is 7.43. The molecule has 0 aromatic heterocycles. The Hall–Kier alpha value is -1.26. The van der Waals surface area contributed by atoms with Crippen LogP contribution in [0.4, 0.5) is 4.39 Å². The summed E-state index contributed by atoms with van der Waals surface area (Å²) < 4.78 is 13.5. The summed E-state index contributed by atoms with van der Waals surface area (Å²) in [5.74, 6) is -0.510. The normalized spacial score (nSPS) is 17.3. The van der Waals surface area contributed by atoms with Crippen molar-refractivity contribution < 1.29 is 9.18 Å². The number of rotatable bonds is 6. The lowest BCUT2D eigenvalue weighted by Gasteiger charge is -2.34. The van der Waals surface area contributed by atoms with E-state index in [4.69, 9.17) is 0 Å². The van der Waals surface area contributed by atoms with Crippen molar-refractivity contribution in [3.05, 3.63) is 35.6 Å². The van der Waals surface area contributed by atoms with Crippen molar-refractivity contribution in [3.63, 3.8) is 0 Å². The lowest BCUT2D eigenvalue weighted by Crippen LogP contribution is -2.46. The van der Waals surface area contributed by atoms with E-state index in [0.717, 1.165) is 39.3 Å². The Bertz CT molecular complexity index is 442. The van der Waals surface area contributed by atoms with E-state index < -0.39 is 5.82 Å². The van der Waals surface area contributed by atoms with Gasteiger partial charge < -0.3 is 9.80 Å². The molecular weight excluding hydrogens is 255 g/mol. The van der Waals surface area contributed by atoms with Gasteiger partial charge in [-0.1, -0.05) is 19.1 Å². The van der Waals surface area contributed by atoms with Gasteiger partial charge in [-0.05, 0) is 25.1 Å². The molecule has 0 N–H and O–H groups in total. The monoisotopic (exact) mass is 278 g/mol. The van der Waals surface area contributed by atoms with Gasteiger partial charge in [-0.25, -0.2) is 4.39 Å². The number of Topliss-reactive ketones (excluding diaryl/α,β-unsaturated/α-hetero) is 1. The first-order chi connectivity index (χ1) is 9.70. The highest BCUT2D eigenvalue weighted by Gasteiger charge is 2.18. The van der Waals surface area contributed by atoms with Crippen LogP contribution in [0.3, 0.4) is 0 Å². The Morgan fingerprint density at radius 2 is 1.70 bits per heavy atom. The van der Waals surface area contributed by atoms with Gasteiger partial charge in [0.1, 0.15) is 5.82 Å². The number of carbonyl (C=O) groups is 1. The molecule has 1 aliphatic rings. The topological polar surface area (TPSA) is 23.6 Å². The maximum absolute atomic E-state index is 13.5. The molecule has 0 amide bonds. The maximum atomic E-state index is 13.5. The zero-order chi connectivity index (χ0) is 14.4. The predicted molar refractivity (Wildman–Crippen MR) is 78.5 cm³/mol. The fourth-order valence-corrected chi connectivity index (χ4v) is 2.63. The molecule has 1 fully saturated rings. The molecule has 1 aliphatic heterocycles. The van der Waals surface area contributed by atoms with Crippen molar-refractivity contribution in [2.45, 2.75) is 19.8 Å². The van der Waals surface area contributed by atoms with Crippen LogP contribution < -0.4 is 0 Å². The van der Waals surface area contributed by atoms with Gasteiger partial charge in [-0.15, -0.1) is 0 Å². The van der Waals surface area contributed by atoms with Crippen LogP contribution >= 0.6 is 0 Å². The molecular formula is C16H23FN2O. The molecule has 1 aromatic rings. The summed E-state index contributed by atoms with van der Waals surface area (Å²) in [7, 11) is 0. The second-order valence-corrected chi connectivity index (χ2v) is 5.34.